The Morgan fingerprint density at radius 3 is 2.16 bits per heavy atom. The number of primary amides is 1. The van der Waals surface area contributed by atoms with Crippen molar-refractivity contribution in [2.24, 2.45) is 23.5 Å². The summed E-state index contributed by atoms with van der Waals surface area (Å²) in [5.74, 6) is -2.91. The average molecular weight is 444 g/mol. The Bertz CT molecular complexity index is 635. The quantitative estimate of drug-likeness (QED) is 0.126. The molecule has 0 aliphatic rings. The van der Waals surface area contributed by atoms with E-state index in [0.717, 1.165) is 12.8 Å². The summed E-state index contributed by atoms with van der Waals surface area (Å²) in [6.45, 7) is 10.4. The number of esters is 1. The SMILES string of the molecule is CCC[C@@H](C)C(=O)C(C)C[C@](C)(OC(N)=O)[C@@H](CC)OC(=O)C(C)C(=O)CCOC=O. The number of nitrogens with two attached hydrogens (primary N) is 1. The molecule has 0 saturated carbocycles. The van der Waals surface area contributed by atoms with Crippen LogP contribution in [0.15, 0.2) is 0 Å². The summed E-state index contributed by atoms with van der Waals surface area (Å²) in [4.78, 5) is 59.1. The highest BCUT2D eigenvalue weighted by Gasteiger charge is 2.43. The predicted octanol–water partition coefficient (Wildman–Crippen LogP) is 2.96. The van der Waals surface area contributed by atoms with Gasteiger partial charge in [-0.2, -0.15) is 0 Å². The highest BCUT2D eigenvalue weighted by atomic mass is 16.6. The first-order valence-electron chi connectivity index (χ1n) is 10.7. The molecule has 5 atom stereocenters. The molecule has 0 radical (unpaired) electrons. The summed E-state index contributed by atoms with van der Waals surface area (Å²) in [5, 5.41) is 0. The van der Waals surface area contributed by atoms with Crippen molar-refractivity contribution in [3.05, 3.63) is 0 Å². The summed E-state index contributed by atoms with van der Waals surface area (Å²) in [7, 11) is 0. The minimum Gasteiger partial charge on any atom is -0.467 e. The molecule has 31 heavy (non-hydrogen) atoms. The number of ketones is 2. The van der Waals surface area contributed by atoms with E-state index < -0.39 is 41.4 Å². The Kier molecular flexibility index (Phi) is 12.7. The number of ether oxygens (including phenoxy) is 3. The summed E-state index contributed by atoms with van der Waals surface area (Å²) >= 11 is 0. The van der Waals surface area contributed by atoms with E-state index in [2.05, 4.69) is 4.74 Å². The molecule has 0 spiro atoms. The van der Waals surface area contributed by atoms with Crippen LogP contribution in [0.5, 0.6) is 0 Å². The number of amides is 1. The second kappa shape index (κ2) is 13.8. The van der Waals surface area contributed by atoms with Gasteiger partial charge in [-0.3, -0.25) is 19.2 Å². The fourth-order valence-corrected chi connectivity index (χ4v) is 3.68. The number of hydrogen-bond acceptors (Lipinski definition) is 8. The van der Waals surface area contributed by atoms with Gasteiger partial charge in [0.15, 0.2) is 0 Å². The molecular formula is C22H37NO8. The van der Waals surface area contributed by atoms with Crippen molar-refractivity contribution in [2.45, 2.75) is 85.4 Å². The lowest BCUT2D eigenvalue weighted by molar-refractivity contribution is -0.171. The van der Waals surface area contributed by atoms with Crippen LogP contribution in [0.2, 0.25) is 0 Å². The lowest BCUT2D eigenvalue weighted by Crippen LogP contribution is -2.49. The summed E-state index contributed by atoms with van der Waals surface area (Å²) in [6.07, 6.45) is -0.0784. The zero-order valence-corrected chi connectivity index (χ0v) is 19.5. The van der Waals surface area contributed by atoms with Crippen LogP contribution in [-0.4, -0.2) is 48.4 Å². The van der Waals surface area contributed by atoms with Crippen LogP contribution < -0.4 is 5.73 Å². The molecular weight excluding hydrogens is 406 g/mol. The maximum absolute atomic E-state index is 12.7. The molecule has 0 bridgehead atoms. The van der Waals surface area contributed by atoms with Crippen molar-refractivity contribution >= 4 is 30.1 Å². The van der Waals surface area contributed by atoms with Gasteiger partial charge in [0.2, 0.25) is 0 Å². The van der Waals surface area contributed by atoms with Gasteiger partial charge >= 0.3 is 12.1 Å². The van der Waals surface area contributed by atoms with E-state index in [0.29, 0.717) is 0 Å². The van der Waals surface area contributed by atoms with Crippen molar-refractivity contribution in [1.82, 2.24) is 0 Å². The molecule has 2 unspecified atom stereocenters. The Morgan fingerprint density at radius 1 is 1.06 bits per heavy atom. The van der Waals surface area contributed by atoms with Crippen molar-refractivity contribution in [2.75, 3.05) is 6.61 Å². The lowest BCUT2D eigenvalue weighted by atomic mass is 9.81. The van der Waals surface area contributed by atoms with E-state index in [4.69, 9.17) is 15.2 Å². The van der Waals surface area contributed by atoms with Crippen LogP contribution >= 0.6 is 0 Å². The highest BCUT2D eigenvalue weighted by molar-refractivity contribution is 5.98. The third kappa shape index (κ3) is 9.48. The predicted molar refractivity (Wildman–Crippen MR) is 113 cm³/mol. The summed E-state index contributed by atoms with van der Waals surface area (Å²) in [5.41, 5.74) is 3.91. The molecule has 0 aliphatic carbocycles. The van der Waals surface area contributed by atoms with Crippen LogP contribution in [0.4, 0.5) is 4.79 Å². The van der Waals surface area contributed by atoms with Crippen molar-refractivity contribution in [1.29, 1.82) is 0 Å². The maximum atomic E-state index is 12.7. The van der Waals surface area contributed by atoms with Gasteiger partial charge in [-0.15, -0.1) is 0 Å². The van der Waals surface area contributed by atoms with Gasteiger partial charge in [-0.1, -0.05) is 34.1 Å². The molecule has 9 heteroatoms. The Labute approximate surface area is 184 Å². The second-order valence-electron chi connectivity index (χ2n) is 8.17. The van der Waals surface area contributed by atoms with Crippen LogP contribution in [0.1, 0.15) is 73.6 Å². The van der Waals surface area contributed by atoms with Gasteiger partial charge in [-0.05, 0) is 26.7 Å². The maximum Gasteiger partial charge on any atom is 0.405 e. The molecule has 0 rings (SSSR count). The fourth-order valence-electron chi connectivity index (χ4n) is 3.68. The standard InChI is InChI=1S/C22H37NO8/c1-7-9-14(3)19(26)15(4)12-22(6,31-21(23)28)18(8-2)30-20(27)16(5)17(25)10-11-29-13-24/h13-16,18H,7-12H2,1-6H3,(H2,23,28)/t14-,15?,16?,18-,22+/m1/s1. The highest BCUT2D eigenvalue weighted by Crippen LogP contribution is 2.31. The number of rotatable bonds is 16. The first kappa shape index (κ1) is 28.5. The minimum absolute atomic E-state index is 0.0287. The number of Topliss-reactive ketones (excluding diaryl/α,β-unsaturated/α-hetero) is 2. The molecule has 0 aromatic rings. The number of carbonyl (C=O) groups is 5. The van der Waals surface area contributed by atoms with Gasteiger partial charge in [0.05, 0.1) is 6.61 Å². The van der Waals surface area contributed by atoms with Crippen molar-refractivity contribution < 1.29 is 38.2 Å². The van der Waals surface area contributed by atoms with E-state index in [1.807, 2.05) is 13.8 Å². The number of carbonyl (C=O) groups excluding carboxylic acids is 5. The zero-order chi connectivity index (χ0) is 24.2. The van der Waals surface area contributed by atoms with Crippen molar-refractivity contribution in [3.63, 3.8) is 0 Å². The smallest absolute Gasteiger partial charge is 0.405 e. The molecule has 2 N–H and O–H groups in total. The molecule has 9 nitrogen and oxygen atoms in total. The average Bonchev–Trinajstić information content (AvgIpc) is 2.69. The zero-order valence-electron chi connectivity index (χ0n) is 19.5. The van der Waals surface area contributed by atoms with Crippen LogP contribution in [0.25, 0.3) is 0 Å². The van der Waals surface area contributed by atoms with Crippen LogP contribution in [0, 0.1) is 17.8 Å². The topological polar surface area (TPSA) is 139 Å². The lowest BCUT2D eigenvalue weighted by Gasteiger charge is -2.37. The van der Waals surface area contributed by atoms with E-state index >= 15 is 0 Å². The Balaban J connectivity index is 5.43. The van der Waals surface area contributed by atoms with E-state index in [1.54, 1.807) is 20.8 Å². The first-order valence-corrected chi connectivity index (χ1v) is 10.7. The van der Waals surface area contributed by atoms with Gasteiger partial charge < -0.3 is 19.9 Å². The van der Waals surface area contributed by atoms with Gasteiger partial charge in [-0.25, -0.2) is 4.79 Å². The third-order valence-electron chi connectivity index (χ3n) is 5.42. The largest absolute Gasteiger partial charge is 0.467 e. The normalized spacial score (nSPS) is 16.7. The van der Waals surface area contributed by atoms with E-state index in [1.165, 1.54) is 6.92 Å². The minimum atomic E-state index is -1.35. The summed E-state index contributed by atoms with van der Waals surface area (Å²) < 4.78 is 15.3. The van der Waals surface area contributed by atoms with Gasteiger partial charge in [0.1, 0.15) is 29.2 Å². The van der Waals surface area contributed by atoms with E-state index in [9.17, 15) is 24.0 Å². The molecule has 0 saturated heterocycles. The van der Waals surface area contributed by atoms with Gasteiger partial charge in [0, 0.05) is 24.7 Å². The fraction of sp³-hybridized carbons (Fsp3) is 0.773. The molecule has 0 heterocycles. The van der Waals surface area contributed by atoms with Crippen molar-refractivity contribution in [3.8, 4) is 0 Å². The second-order valence-corrected chi connectivity index (χ2v) is 8.17. The number of hydrogen-bond donors (Lipinski definition) is 1. The molecule has 0 fully saturated rings. The molecule has 0 aliphatic heterocycles. The molecule has 1 amide bonds. The molecule has 0 aromatic heterocycles. The monoisotopic (exact) mass is 443 g/mol. The van der Waals surface area contributed by atoms with Crippen LogP contribution in [-0.2, 0) is 33.4 Å². The molecule has 178 valence electrons. The first-order chi connectivity index (χ1) is 14.4. The summed E-state index contributed by atoms with van der Waals surface area (Å²) in [6, 6.07) is 0. The molecule has 0 aromatic carbocycles. The third-order valence-corrected chi connectivity index (χ3v) is 5.42. The van der Waals surface area contributed by atoms with Crippen LogP contribution in [0.3, 0.4) is 0 Å². The Morgan fingerprint density at radius 2 is 1.68 bits per heavy atom. The van der Waals surface area contributed by atoms with Gasteiger partial charge in [0.25, 0.3) is 6.47 Å². The Hall–Kier alpha value is -2.45. The van der Waals surface area contributed by atoms with E-state index in [-0.39, 0.29) is 44.0 Å².